The van der Waals surface area contributed by atoms with Crippen molar-refractivity contribution >= 4 is 5.91 Å². The molecule has 3 nitrogen and oxygen atoms in total. The van der Waals surface area contributed by atoms with Crippen molar-refractivity contribution in [2.24, 2.45) is 0 Å². The van der Waals surface area contributed by atoms with Crippen molar-refractivity contribution in [1.29, 1.82) is 0 Å². The van der Waals surface area contributed by atoms with Crippen LogP contribution in [0.2, 0.25) is 0 Å². The third-order valence-corrected chi connectivity index (χ3v) is 3.04. The Bertz CT molecular complexity index is 214. The van der Waals surface area contributed by atoms with Gasteiger partial charge in [-0.15, -0.1) is 0 Å². The van der Waals surface area contributed by atoms with Gasteiger partial charge in [0.1, 0.15) is 0 Å². The van der Waals surface area contributed by atoms with E-state index in [1.54, 1.807) is 0 Å². The lowest BCUT2D eigenvalue weighted by molar-refractivity contribution is -0.131. The molecular weight excluding hydrogens is 188 g/mol. The van der Waals surface area contributed by atoms with E-state index in [-0.39, 0.29) is 11.4 Å². The first-order valence-electron chi connectivity index (χ1n) is 5.91. The molecule has 88 valence electrons. The summed E-state index contributed by atoms with van der Waals surface area (Å²) in [7, 11) is 1.93. The van der Waals surface area contributed by atoms with Crippen LogP contribution in [0, 0.1) is 0 Å². The molecule has 1 aliphatic carbocycles. The maximum absolute atomic E-state index is 11.8. The van der Waals surface area contributed by atoms with Crippen LogP contribution < -0.4 is 5.32 Å². The number of carbonyl (C=O) groups is 1. The molecule has 0 heterocycles. The summed E-state index contributed by atoms with van der Waals surface area (Å²) in [4.78, 5) is 13.8. The summed E-state index contributed by atoms with van der Waals surface area (Å²) in [6.45, 7) is 6.69. The molecule has 0 bridgehead atoms. The molecule has 0 spiro atoms. The Labute approximate surface area is 93.2 Å². The fraction of sp³-hybridized carbons (Fsp3) is 0.917. The van der Waals surface area contributed by atoms with Crippen LogP contribution in [0.3, 0.4) is 0 Å². The Balaban J connectivity index is 2.32. The highest BCUT2D eigenvalue weighted by Gasteiger charge is 2.23. The Morgan fingerprint density at radius 1 is 1.33 bits per heavy atom. The molecule has 1 fully saturated rings. The summed E-state index contributed by atoms with van der Waals surface area (Å²) < 4.78 is 0. The van der Waals surface area contributed by atoms with Crippen LogP contribution >= 0.6 is 0 Å². The van der Waals surface area contributed by atoms with E-state index in [0.29, 0.717) is 12.6 Å². The standard InChI is InChI=1S/C12H24N2O/c1-12(2,3)13-9-11(15)14(4)10-7-5-6-8-10/h10,13H,5-9H2,1-4H3. The molecule has 1 aliphatic rings. The number of carbonyl (C=O) groups excluding carboxylic acids is 1. The zero-order valence-corrected chi connectivity index (χ0v) is 10.5. The van der Waals surface area contributed by atoms with Gasteiger partial charge < -0.3 is 10.2 Å². The van der Waals surface area contributed by atoms with Crippen LogP contribution in [0.25, 0.3) is 0 Å². The van der Waals surface area contributed by atoms with Crippen LogP contribution in [0.4, 0.5) is 0 Å². The maximum Gasteiger partial charge on any atom is 0.236 e. The highest BCUT2D eigenvalue weighted by atomic mass is 16.2. The zero-order chi connectivity index (χ0) is 11.5. The van der Waals surface area contributed by atoms with Crippen molar-refractivity contribution in [3.63, 3.8) is 0 Å². The van der Waals surface area contributed by atoms with E-state index in [0.717, 1.165) is 0 Å². The lowest BCUT2D eigenvalue weighted by atomic mass is 10.1. The Kier molecular flexibility index (Phi) is 4.14. The van der Waals surface area contributed by atoms with E-state index < -0.39 is 0 Å². The molecule has 0 radical (unpaired) electrons. The van der Waals surface area contributed by atoms with E-state index in [1.807, 2.05) is 11.9 Å². The van der Waals surface area contributed by atoms with Crippen LogP contribution in [0.15, 0.2) is 0 Å². The number of nitrogens with zero attached hydrogens (tertiary/aromatic N) is 1. The number of hydrogen-bond acceptors (Lipinski definition) is 2. The van der Waals surface area contributed by atoms with Gasteiger partial charge in [-0.3, -0.25) is 4.79 Å². The van der Waals surface area contributed by atoms with Crippen molar-refractivity contribution in [2.45, 2.75) is 58.0 Å². The molecule has 0 aliphatic heterocycles. The van der Waals surface area contributed by atoms with Crippen LogP contribution in [-0.4, -0.2) is 36.0 Å². The van der Waals surface area contributed by atoms with Gasteiger partial charge in [0.05, 0.1) is 6.54 Å². The van der Waals surface area contributed by atoms with Crippen molar-refractivity contribution in [3.05, 3.63) is 0 Å². The molecule has 1 N–H and O–H groups in total. The molecule has 15 heavy (non-hydrogen) atoms. The Morgan fingerprint density at radius 2 is 1.87 bits per heavy atom. The van der Waals surface area contributed by atoms with Crippen LogP contribution in [0.5, 0.6) is 0 Å². The number of hydrogen-bond donors (Lipinski definition) is 1. The fourth-order valence-electron chi connectivity index (χ4n) is 1.96. The van der Waals surface area contributed by atoms with Gasteiger partial charge in [0, 0.05) is 18.6 Å². The summed E-state index contributed by atoms with van der Waals surface area (Å²) in [6.07, 6.45) is 4.90. The van der Waals surface area contributed by atoms with Gasteiger partial charge in [0.25, 0.3) is 0 Å². The molecule has 0 aromatic rings. The van der Waals surface area contributed by atoms with Gasteiger partial charge >= 0.3 is 0 Å². The molecule has 0 aromatic carbocycles. The average molecular weight is 212 g/mol. The smallest absolute Gasteiger partial charge is 0.236 e. The minimum absolute atomic E-state index is 0.0200. The number of rotatable bonds is 3. The van der Waals surface area contributed by atoms with Gasteiger partial charge in [-0.2, -0.15) is 0 Å². The summed E-state index contributed by atoms with van der Waals surface area (Å²) in [5.41, 5.74) is 0.0200. The third kappa shape index (κ3) is 4.20. The predicted octanol–water partition coefficient (Wildman–Crippen LogP) is 1.78. The van der Waals surface area contributed by atoms with E-state index in [1.165, 1.54) is 25.7 Å². The summed E-state index contributed by atoms with van der Waals surface area (Å²) in [5, 5.41) is 3.23. The normalized spacial score (nSPS) is 18.1. The Hall–Kier alpha value is -0.570. The molecular formula is C12H24N2O. The van der Waals surface area contributed by atoms with Gasteiger partial charge in [-0.1, -0.05) is 12.8 Å². The Morgan fingerprint density at radius 3 is 2.33 bits per heavy atom. The molecule has 0 saturated heterocycles. The van der Waals surface area contributed by atoms with Gasteiger partial charge in [0.15, 0.2) is 0 Å². The first kappa shape index (κ1) is 12.5. The van der Waals surface area contributed by atoms with E-state index in [2.05, 4.69) is 26.1 Å². The SMILES string of the molecule is CN(C(=O)CNC(C)(C)C)C1CCCC1. The first-order valence-corrected chi connectivity index (χ1v) is 5.91. The van der Waals surface area contributed by atoms with Gasteiger partial charge in [-0.25, -0.2) is 0 Å². The number of likely N-dealkylation sites (N-methyl/N-ethyl adjacent to an activating group) is 1. The minimum atomic E-state index is 0.0200. The van der Waals surface area contributed by atoms with E-state index in [4.69, 9.17) is 0 Å². The lowest BCUT2D eigenvalue weighted by Gasteiger charge is -2.27. The second-order valence-electron chi connectivity index (χ2n) is 5.55. The van der Waals surface area contributed by atoms with Crippen LogP contribution in [0.1, 0.15) is 46.5 Å². The molecule has 1 saturated carbocycles. The lowest BCUT2D eigenvalue weighted by Crippen LogP contribution is -2.46. The molecule has 1 rings (SSSR count). The van der Waals surface area contributed by atoms with Crippen LogP contribution in [-0.2, 0) is 4.79 Å². The van der Waals surface area contributed by atoms with Crippen molar-refractivity contribution in [1.82, 2.24) is 10.2 Å². The first-order chi connectivity index (χ1) is 6.90. The minimum Gasteiger partial charge on any atom is -0.342 e. The highest BCUT2D eigenvalue weighted by Crippen LogP contribution is 2.22. The van der Waals surface area contributed by atoms with Crippen molar-refractivity contribution < 1.29 is 4.79 Å². The number of amides is 1. The summed E-state index contributed by atoms with van der Waals surface area (Å²) in [5.74, 6) is 0.219. The van der Waals surface area contributed by atoms with Crippen molar-refractivity contribution in [2.75, 3.05) is 13.6 Å². The van der Waals surface area contributed by atoms with Gasteiger partial charge in [0.2, 0.25) is 5.91 Å². The van der Waals surface area contributed by atoms with Gasteiger partial charge in [-0.05, 0) is 33.6 Å². The van der Waals surface area contributed by atoms with E-state index >= 15 is 0 Å². The predicted molar refractivity (Wildman–Crippen MR) is 62.8 cm³/mol. The second-order valence-corrected chi connectivity index (χ2v) is 5.55. The van der Waals surface area contributed by atoms with Crippen molar-refractivity contribution in [3.8, 4) is 0 Å². The molecule has 0 aromatic heterocycles. The fourth-order valence-corrected chi connectivity index (χ4v) is 1.96. The maximum atomic E-state index is 11.8. The summed E-state index contributed by atoms with van der Waals surface area (Å²) >= 11 is 0. The summed E-state index contributed by atoms with van der Waals surface area (Å²) in [6, 6.07) is 0.485. The zero-order valence-electron chi connectivity index (χ0n) is 10.5. The second kappa shape index (κ2) is 4.97. The number of nitrogens with one attached hydrogen (secondary N) is 1. The highest BCUT2D eigenvalue weighted by molar-refractivity contribution is 5.78. The van der Waals surface area contributed by atoms with E-state index in [9.17, 15) is 4.79 Å². The quantitative estimate of drug-likeness (QED) is 0.773. The average Bonchev–Trinajstić information content (AvgIpc) is 2.64. The molecule has 1 amide bonds. The molecule has 0 atom stereocenters. The largest absolute Gasteiger partial charge is 0.342 e. The molecule has 0 unspecified atom stereocenters. The topological polar surface area (TPSA) is 32.3 Å². The molecule has 3 heteroatoms. The third-order valence-electron chi connectivity index (χ3n) is 3.04. The monoisotopic (exact) mass is 212 g/mol.